The average Bonchev–Trinajstić information content (AvgIpc) is 3.22. The molecule has 192 valence electrons. The molecule has 0 spiro atoms. The van der Waals surface area contributed by atoms with Gasteiger partial charge < -0.3 is 31.8 Å². The number of hydrogen-bond donors (Lipinski definition) is 6. The van der Waals surface area contributed by atoms with E-state index in [2.05, 4.69) is 20.9 Å². The number of nitrogens with two attached hydrogens (primary N) is 1. The van der Waals surface area contributed by atoms with Crippen LogP contribution in [0.1, 0.15) is 32.8 Å². The zero-order chi connectivity index (χ0) is 26.1. The van der Waals surface area contributed by atoms with E-state index < -0.39 is 47.9 Å². The molecule has 2 rings (SSSR count). The van der Waals surface area contributed by atoms with Gasteiger partial charge in [-0.25, -0.2) is 0 Å². The van der Waals surface area contributed by atoms with Crippen LogP contribution in [0.5, 0.6) is 0 Å². The number of carbonyl (C=O) groups excluding carboxylic acids is 3. The predicted octanol–water partition coefficient (Wildman–Crippen LogP) is 1.01. The van der Waals surface area contributed by atoms with Gasteiger partial charge in [0.05, 0.1) is 6.04 Å². The van der Waals surface area contributed by atoms with Crippen molar-refractivity contribution in [2.75, 3.05) is 12.0 Å². The van der Waals surface area contributed by atoms with E-state index in [1.54, 1.807) is 13.8 Å². The van der Waals surface area contributed by atoms with Gasteiger partial charge in [0.15, 0.2) is 0 Å². The first-order chi connectivity index (χ1) is 16.5. The van der Waals surface area contributed by atoms with Crippen molar-refractivity contribution in [1.82, 2.24) is 20.9 Å². The quantitative estimate of drug-likeness (QED) is 0.236. The Bertz CT molecular complexity index is 1040. The number of rotatable bonds is 13. The number of thioether (sulfide) groups is 1. The largest absolute Gasteiger partial charge is 0.480 e. The fourth-order valence-electron chi connectivity index (χ4n) is 3.57. The molecule has 0 saturated heterocycles. The van der Waals surface area contributed by atoms with Crippen molar-refractivity contribution in [3.05, 3.63) is 36.0 Å². The molecule has 0 aliphatic carbocycles. The van der Waals surface area contributed by atoms with E-state index in [0.717, 1.165) is 16.5 Å². The maximum Gasteiger partial charge on any atom is 0.325 e. The molecule has 0 aliphatic heterocycles. The van der Waals surface area contributed by atoms with Crippen molar-refractivity contribution < 1.29 is 24.3 Å². The molecule has 0 radical (unpaired) electrons. The van der Waals surface area contributed by atoms with Gasteiger partial charge >= 0.3 is 5.97 Å². The lowest BCUT2D eigenvalue weighted by Gasteiger charge is -2.26. The Morgan fingerprint density at radius 2 is 1.71 bits per heavy atom. The second-order valence-corrected chi connectivity index (χ2v) is 9.80. The minimum atomic E-state index is -1.18. The normalized spacial score (nSPS) is 14.7. The summed E-state index contributed by atoms with van der Waals surface area (Å²) in [5.41, 5.74) is 8.01. The molecule has 1 aromatic carbocycles. The Morgan fingerprint density at radius 1 is 1.03 bits per heavy atom. The number of aromatic nitrogens is 1. The highest BCUT2D eigenvalue weighted by atomic mass is 32.2. The molecule has 3 amide bonds. The van der Waals surface area contributed by atoms with Crippen LogP contribution in [-0.4, -0.2) is 70.0 Å². The number of H-pyrrole nitrogens is 1. The van der Waals surface area contributed by atoms with Gasteiger partial charge in [-0.05, 0) is 49.3 Å². The van der Waals surface area contributed by atoms with E-state index >= 15 is 0 Å². The van der Waals surface area contributed by atoms with Gasteiger partial charge in [0.1, 0.15) is 18.1 Å². The second kappa shape index (κ2) is 13.1. The Kier molecular flexibility index (Phi) is 10.6. The van der Waals surface area contributed by atoms with Crippen molar-refractivity contribution in [2.24, 2.45) is 11.7 Å². The first-order valence-electron chi connectivity index (χ1n) is 11.5. The summed E-state index contributed by atoms with van der Waals surface area (Å²) in [6, 6.07) is 3.87. The number of nitrogens with one attached hydrogen (secondary N) is 4. The van der Waals surface area contributed by atoms with Crippen LogP contribution in [0.3, 0.4) is 0 Å². The fraction of sp³-hybridized carbons (Fsp3) is 0.500. The third-order valence-corrected chi connectivity index (χ3v) is 6.32. The Labute approximate surface area is 209 Å². The third-order valence-electron chi connectivity index (χ3n) is 5.67. The zero-order valence-electron chi connectivity index (χ0n) is 20.5. The lowest BCUT2D eigenvalue weighted by Crippen LogP contribution is -2.58. The van der Waals surface area contributed by atoms with Crippen molar-refractivity contribution in [3.63, 3.8) is 0 Å². The topological polar surface area (TPSA) is 166 Å². The van der Waals surface area contributed by atoms with Gasteiger partial charge in [0, 0.05) is 17.1 Å². The zero-order valence-corrected chi connectivity index (χ0v) is 21.3. The highest BCUT2D eigenvalue weighted by Crippen LogP contribution is 2.19. The maximum absolute atomic E-state index is 13.1. The lowest BCUT2D eigenvalue weighted by atomic mass is 10.0. The number of carboxylic acid groups (broad SMARTS) is 1. The Balaban J connectivity index is 2.06. The van der Waals surface area contributed by atoms with Gasteiger partial charge in [0.2, 0.25) is 17.7 Å². The first kappa shape index (κ1) is 28.2. The molecule has 11 heteroatoms. The van der Waals surface area contributed by atoms with Gasteiger partial charge in [-0.3, -0.25) is 19.2 Å². The number of carboxylic acids is 1. The number of amides is 3. The molecule has 0 saturated carbocycles. The summed E-state index contributed by atoms with van der Waals surface area (Å²) in [5, 5.41) is 17.8. The van der Waals surface area contributed by atoms with Crippen molar-refractivity contribution in [3.8, 4) is 0 Å². The molecule has 2 aromatic rings. The Morgan fingerprint density at radius 3 is 2.34 bits per heavy atom. The van der Waals surface area contributed by atoms with Crippen LogP contribution in [0.25, 0.3) is 10.9 Å². The van der Waals surface area contributed by atoms with Gasteiger partial charge in [0.25, 0.3) is 0 Å². The second-order valence-electron chi connectivity index (χ2n) is 8.81. The van der Waals surface area contributed by atoms with Crippen LogP contribution in [0, 0.1) is 5.92 Å². The smallest absolute Gasteiger partial charge is 0.325 e. The number of aliphatic carboxylic acids is 1. The number of para-hydroxylation sites is 1. The van der Waals surface area contributed by atoms with Crippen LogP contribution < -0.4 is 21.7 Å². The van der Waals surface area contributed by atoms with E-state index in [0.29, 0.717) is 12.2 Å². The molecular weight excluding hydrogens is 470 g/mol. The first-order valence-corrected chi connectivity index (χ1v) is 12.9. The highest BCUT2D eigenvalue weighted by Gasteiger charge is 2.31. The molecule has 4 unspecified atom stereocenters. The summed E-state index contributed by atoms with van der Waals surface area (Å²) >= 11 is 1.49. The lowest BCUT2D eigenvalue weighted by molar-refractivity contribution is -0.141. The van der Waals surface area contributed by atoms with E-state index in [-0.39, 0.29) is 12.3 Å². The number of carbonyl (C=O) groups is 4. The maximum atomic E-state index is 13.1. The summed E-state index contributed by atoms with van der Waals surface area (Å²) in [6.45, 7) is 4.90. The molecule has 10 nitrogen and oxygen atoms in total. The molecule has 7 N–H and O–H groups in total. The molecular formula is C24H35N5O5S. The predicted molar refractivity (Wildman–Crippen MR) is 137 cm³/mol. The van der Waals surface area contributed by atoms with E-state index in [4.69, 9.17) is 10.8 Å². The van der Waals surface area contributed by atoms with Crippen LogP contribution in [-0.2, 0) is 25.6 Å². The molecule has 0 aliphatic rings. The highest BCUT2D eigenvalue weighted by molar-refractivity contribution is 7.98. The molecule has 0 fully saturated rings. The van der Waals surface area contributed by atoms with Crippen molar-refractivity contribution in [1.29, 1.82) is 0 Å². The number of fused-ring (bicyclic) bond motifs is 1. The summed E-state index contributed by atoms with van der Waals surface area (Å²) in [5.74, 6) is -2.47. The summed E-state index contributed by atoms with van der Waals surface area (Å²) < 4.78 is 0. The average molecular weight is 506 g/mol. The molecule has 1 aromatic heterocycles. The van der Waals surface area contributed by atoms with Gasteiger partial charge in [-0.2, -0.15) is 11.8 Å². The Hall–Kier alpha value is -3.05. The monoisotopic (exact) mass is 505 g/mol. The molecule has 1 heterocycles. The standard InChI is InChI=1S/C24H35N5O5S/c1-13(2)20(23(32)28-19(9-10-35-4)22(31)27-14(3)24(33)34)29-21(30)17(25)11-15-12-26-18-8-6-5-7-16(15)18/h5-8,12-14,17,19-20,26H,9-11,25H2,1-4H3,(H,27,31)(H,28,32)(H,29,30)(H,33,34). The van der Waals surface area contributed by atoms with Crippen LogP contribution in [0.2, 0.25) is 0 Å². The minimum absolute atomic E-state index is 0.276. The van der Waals surface area contributed by atoms with Crippen LogP contribution in [0.15, 0.2) is 30.5 Å². The fourth-order valence-corrected chi connectivity index (χ4v) is 4.04. The number of hydrogen-bond acceptors (Lipinski definition) is 6. The van der Waals surface area contributed by atoms with Crippen LogP contribution in [0.4, 0.5) is 0 Å². The van der Waals surface area contributed by atoms with Crippen LogP contribution >= 0.6 is 11.8 Å². The third kappa shape index (κ3) is 8.00. The van der Waals surface area contributed by atoms with E-state index in [9.17, 15) is 19.2 Å². The van der Waals surface area contributed by atoms with Crippen molar-refractivity contribution in [2.45, 2.75) is 57.8 Å². The minimum Gasteiger partial charge on any atom is -0.480 e. The molecule has 0 bridgehead atoms. The summed E-state index contributed by atoms with van der Waals surface area (Å²) in [7, 11) is 0. The van der Waals surface area contributed by atoms with Gasteiger partial charge in [-0.15, -0.1) is 0 Å². The molecule has 35 heavy (non-hydrogen) atoms. The van der Waals surface area contributed by atoms with E-state index in [1.165, 1.54) is 18.7 Å². The summed E-state index contributed by atoms with van der Waals surface area (Å²) in [4.78, 5) is 52.8. The van der Waals surface area contributed by atoms with Crippen molar-refractivity contribution >= 4 is 46.4 Å². The molecule has 4 atom stereocenters. The summed E-state index contributed by atoms with van der Waals surface area (Å²) in [6.07, 6.45) is 4.28. The van der Waals surface area contributed by atoms with Gasteiger partial charge in [-0.1, -0.05) is 32.0 Å². The van der Waals surface area contributed by atoms with E-state index in [1.807, 2.05) is 36.7 Å². The number of aromatic amines is 1. The SMILES string of the molecule is CSCCC(NC(=O)C(NC(=O)C(N)Cc1c[nH]c2ccccc12)C(C)C)C(=O)NC(C)C(=O)O. The number of benzene rings is 1.